The highest BCUT2D eigenvalue weighted by Gasteiger charge is 2.14. The molecule has 0 aliphatic carbocycles. The van der Waals surface area contributed by atoms with Gasteiger partial charge in [0.15, 0.2) is 0 Å². The van der Waals surface area contributed by atoms with Crippen LogP contribution in [0.1, 0.15) is 31.7 Å². The van der Waals surface area contributed by atoms with Gasteiger partial charge in [-0.2, -0.15) is 11.8 Å². The molecule has 0 spiro atoms. The third kappa shape index (κ3) is 3.56. The van der Waals surface area contributed by atoms with E-state index >= 15 is 0 Å². The van der Waals surface area contributed by atoms with Gasteiger partial charge in [-0.25, -0.2) is 0 Å². The van der Waals surface area contributed by atoms with Crippen LogP contribution in [0.2, 0.25) is 0 Å². The number of thioether (sulfide) groups is 1. The molecule has 1 saturated heterocycles. The van der Waals surface area contributed by atoms with E-state index < -0.39 is 0 Å². The van der Waals surface area contributed by atoms with Crippen molar-refractivity contribution in [2.75, 3.05) is 12.3 Å². The lowest BCUT2D eigenvalue weighted by molar-refractivity contribution is 0.641. The smallest absolute Gasteiger partial charge is 0.0220 e. The summed E-state index contributed by atoms with van der Waals surface area (Å²) in [5.74, 6) is 1.36. The Labute approximate surface area is 103 Å². The van der Waals surface area contributed by atoms with E-state index in [9.17, 15) is 0 Å². The van der Waals surface area contributed by atoms with Gasteiger partial charge in [-0.15, -0.1) is 0 Å². The molecule has 90 valence electrons. The molecule has 1 N–H and O–H groups in total. The summed E-state index contributed by atoms with van der Waals surface area (Å²) in [5.41, 5.74) is 1.41. The van der Waals surface area contributed by atoms with Crippen molar-refractivity contribution in [3.8, 4) is 0 Å². The van der Waals surface area contributed by atoms with Gasteiger partial charge in [0, 0.05) is 37.3 Å². The highest BCUT2D eigenvalue weighted by molar-refractivity contribution is 8.00. The van der Waals surface area contributed by atoms with Crippen LogP contribution in [0.15, 0.2) is 18.5 Å². The van der Waals surface area contributed by atoms with Crippen LogP contribution < -0.4 is 5.32 Å². The minimum Gasteiger partial charge on any atom is -0.354 e. The molecule has 0 amide bonds. The van der Waals surface area contributed by atoms with Gasteiger partial charge in [-0.05, 0) is 36.6 Å². The summed E-state index contributed by atoms with van der Waals surface area (Å²) < 4.78 is 2.28. The SMILES string of the molecule is CCCn1ccc(CNCC2CCCS2)c1. The van der Waals surface area contributed by atoms with Gasteiger partial charge in [-0.3, -0.25) is 0 Å². The summed E-state index contributed by atoms with van der Waals surface area (Å²) in [7, 11) is 0. The van der Waals surface area contributed by atoms with Crippen molar-refractivity contribution in [2.24, 2.45) is 0 Å². The Kier molecular flexibility index (Phi) is 4.79. The molecule has 1 aliphatic heterocycles. The molecule has 3 heteroatoms. The third-order valence-corrected chi connectivity index (χ3v) is 4.42. The van der Waals surface area contributed by atoms with Crippen LogP contribution in [0.3, 0.4) is 0 Å². The molecule has 2 nitrogen and oxygen atoms in total. The summed E-state index contributed by atoms with van der Waals surface area (Å²) >= 11 is 2.12. The van der Waals surface area contributed by atoms with E-state index in [1.165, 1.54) is 37.1 Å². The lowest BCUT2D eigenvalue weighted by Crippen LogP contribution is -2.22. The molecule has 1 aromatic heterocycles. The van der Waals surface area contributed by atoms with Crippen LogP contribution in [0.4, 0.5) is 0 Å². The van der Waals surface area contributed by atoms with E-state index in [0.717, 1.165) is 18.3 Å². The molecule has 0 bridgehead atoms. The Morgan fingerprint density at radius 1 is 1.56 bits per heavy atom. The van der Waals surface area contributed by atoms with E-state index in [1.807, 2.05) is 0 Å². The van der Waals surface area contributed by atoms with Gasteiger partial charge in [0.1, 0.15) is 0 Å². The summed E-state index contributed by atoms with van der Waals surface area (Å²) in [6, 6.07) is 2.23. The maximum absolute atomic E-state index is 3.56. The van der Waals surface area contributed by atoms with E-state index in [1.54, 1.807) is 0 Å². The number of hydrogen-bond acceptors (Lipinski definition) is 2. The first-order valence-electron chi connectivity index (χ1n) is 6.35. The van der Waals surface area contributed by atoms with Crippen molar-refractivity contribution >= 4 is 11.8 Å². The van der Waals surface area contributed by atoms with Gasteiger partial charge < -0.3 is 9.88 Å². The van der Waals surface area contributed by atoms with E-state index in [-0.39, 0.29) is 0 Å². The summed E-state index contributed by atoms with van der Waals surface area (Å²) in [6.45, 7) is 5.55. The predicted octanol–water partition coefficient (Wildman–Crippen LogP) is 2.88. The quantitative estimate of drug-likeness (QED) is 0.821. The molecular weight excluding hydrogens is 216 g/mol. The zero-order valence-electron chi connectivity index (χ0n) is 10.1. The molecule has 1 fully saturated rings. The third-order valence-electron chi connectivity index (χ3n) is 3.02. The molecule has 0 saturated carbocycles. The second-order valence-electron chi connectivity index (χ2n) is 4.52. The summed E-state index contributed by atoms with van der Waals surface area (Å²) in [5, 5.41) is 4.42. The molecule has 2 heterocycles. The molecule has 0 aromatic carbocycles. The van der Waals surface area contributed by atoms with Gasteiger partial charge in [0.25, 0.3) is 0 Å². The lowest BCUT2D eigenvalue weighted by atomic mass is 10.2. The number of rotatable bonds is 6. The fourth-order valence-electron chi connectivity index (χ4n) is 2.18. The van der Waals surface area contributed by atoms with Crippen molar-refractivity contribution in [3.05, 3.63) is 24.0 Å². The first-order chi connectivity index (χ1) is 7.88. The number of aromatic nitrogens is 1. The maximum Gasteiger partial charge on any atom is 0.0220 e. The Morgan fingerprint density at radius 3 is 3.25 bits per heavy atom. The second kappa shape index (κ2) is 6.36. The molecule has 1 aliphatic rings. The first-order valence-corrected chi connectivity index (χ1v) is 7.40. The molecule has 16 heavy (non-hydrogen) atoms. The standard InChI is InChI=1S/C13H22N2S/c1-2-6-15-7-5-12(11-15)9-14-10-13-4-3-8-16-13/h5,7,11,13-14H,2-4,6,8-10H2,1H3. The van der Waals surface area contributed by atoms with Crippen LogP contribution in [0.5, 0.6) is 0 Å². The lowest BCUT2D eigenvalue weighted by Gasteiger charge is -2.08. The van der Waals surface area contributed by atoms with Gasteiger partial charge >= 0.3 is 0 Å². The number of nitrogens with zero attached hydrogens (tertiary/aromatic N) is 1. The molecule has 2 rings (SSSR count). The molecule has 0 radical (unpaired) electrons. The highest BCUT2D eigenvalue weighted by atomic mass is 32.2. The zero-order chi connectivity index (χ0) is 11.2. The van der Waals surface area contributed by atoms with Crippen LogP contribution in [-0.2, 0) is 13.1 Å². The number of aryl methyl sites for hydroxylation is 1. The normalized spacial score (nSPS) is 20.4. The first kappa shape index (κ1) is 12.1. The largest absolute Gasteiger partial charge is 0.354 e. The monoisotopic (exact) mass is 238 g/mol. The topological polar surface area (TPSA) is 17.0 Å². The van der Waals surface area contributed by atoms with Crippen LogP contribution >= 0.6 is 11.8 Å². The molecule has 1 aromatic rings. The maximum atomic E-state index is 3.56. The van der Waals surface area contributed by atoms with Crippen molar-refractivity contribution in [1.29, 1.82) is 0 Å². The molecule has 1 atom stereocenters. The average molecular weight is 238 g/mol. The number of hydrogen-bond donors (Lipinski definition) is 1. The van der Waals surface area contributed by atoms with E-state index in [4.69, 9.17) is 0 Å². The van der Waals surface area contributed by atoms with Gasteiger partial charge in [-0.1, -0.05) is 6.92 Å². The Balaban J connectivity index is 1.67. The van der Waals surface area contributed by atoms with Crippen molar-refractivity contribution < 1.29 is 0 Å². The summed E-state index contributed by atoms with van der Waals surface area (Å²) in [6.07, 6.45) is 8.46. The Bertz CT molecular complexity index is 303. The Morgan fingerprint density at radius 2 is 2.50 bits per heavy atom. The fraction of sp³-hybridized carbons (Fsp3) is 0.692. The van der Waals surface area contributed by atoms with Gasteiger partial charge in [0.2, 0.25) is 0 Å². The van der Waals surface area contributed by atoms with E-state index in [2.05, 4.69) is 47.0 Å². The van der Waals surface area contributed by atoms with Crippen LogP contribution in [0, 0.1) is 0 Å². The fourth-order valence-corrected chi connectivity index (χ4v) is 3.41. The minimum atomic E-state index is 0.859. The van der Waals surface area contributed by atoms with Gasteiger partial charge in [0.05, 0.1) is 0 Å². The molecule has 1 unspecified atom stereocenters. The zero-order valence-corrected chi connectivity index (χ0v) is 10.9. The van der Waals surface area contributed by atoms with Crippen molar-refractivity contribution in [1.82, 2.24) is 9.88 Å². The predicted molar refractivity (Wildman–Crippen MR) is 71.9 cm³/mol. The van der Waals surface area contributed by atoms with Crippen LogP contribution in [0.25, 0.3) is 0 Å². The molecular formula is C13H22N2S. The Hall–Kier alpha value is -0.410. The van der Waals surface area contributed by atoms with E-state index in [0.29, 0.717) is 0 Å². The average Bonchev–Trinajstić information content (AvgIpc) is 2.90. The van der Waals surface area contributed by atoms with Crippen LogP contribution in [-0.4, -0.2) is 22.1 Å². The minimum absolute atomic E-state index is 0.859. The summed E-state index contributed by atoms with van der Waals surface area (Å²) in [4.78, 5) is 0. The van der Waals surface area contributed by atoms with Crippen molar-refractivity contribution in [3.63, 3.8) is 0 Å². The highest BCUT2D eigenvalue weighted by Crippen LogP contribution is 2.25. The van der Waals surface area contributed by atoms with Crippen molar-refractivity contribution in [2.45, 2.75) is 44.5 Å². The second-order valence-corrected chi connectivity index (χ2v) is 5.93. The number of nitrogens with one attached hydrogen (secondary N) is 1.